The summed E-state index contributed by atoms with van der Waals surface area (Å²) >= 11 is 8.00. The zero-order valence-corrected chi connectivity index (χ0v) is 15.1. The molecule has 1 aliphatic heterocycles. The van der Waals surface area contributed by atoms with Gasteiger partial charge in [-0.15, -0.1) is 11.3 Å². The predicted molar refractivity (Wildman–Crippen MR) is 105 cm³/mol. The van der Waals surface area contributed by atoms with E-state index in [0.29, 0.717) is 6.04 Å². The van der Waals surface area contributed by atoms with Gasteiger partial charge < -0.3 is 10.2 Å². The molecule has 0 saturated carbocycles. The molecule has 0 amide bonds. The topological polar surface area (TPSA) is 15.3 Å². The summed E-state index contributed by atoms with van der Waals surface area (Å²) in [5.74, 6) is 0. The number of rotatable bonds is 4. The number of hydrogen-bond acceptors (Lipinski definition) is 3. The van der Waals surface area contributed by atoms with Crippen molar-refractivity contribution in [2.24, 2.45) is 0 Å². The second kappa shape index (κ2) is 7.14. The molecule has 0 aliphatic carbocycles. The standard InChI is InChI=1S/C20H21ClN2S/c21-17-3-1-2-15(12-17)14-23(18-6-9-22-10-7-18)19-4-5-20-16(13-19)8-11-24-20/h1-5,8,11-13,18,22H,6-7,9-10,14H2. The van der Waals surface area contributed by atoms with Crippen LogP contribution in [0, 0.1) is 0 Å². The van der Waals surface area contributed by atoms with E-state index in [1.165, 1.54) is 34.2 Å². The third-order valence-corrected chi connectivity index (χ3v) is 5.89. The first-order chi connectivity index (χ1) is 11.8. The van der Waals surface area contributed by atoms with Gasteiger partial charge in [0.1, 0.15) is 0 Å². The van der Waals surface area contributed by atoms with Crippen LogP contribution < -0.4 is 10.2 Å². The Bertz CT molecular complexity index is 823. The summed E-state index contributed by atoms with van der Waals surface area (Å²) in [7, 11) is 0. The average molecular weight is 357 g/mol. The van der Waals surface area contributed by atoms with Gasteiger partial charge in [-0.2, -0.15) is 0 Å². The molecule has 124 valence electrons. The van der Waals surface area contributed by atoms with Gasteiger partial charge in [0.25, 0.3) is 0 Å². The molecule has 0 radical (unpaired) electrons. The summed E-state index contributed by atoms with van der Waals surface area (Å²) in [4.78, 5) is 2.56. The van der Waals surface area contributed by atoms with Crippen molar-refractivity contribution in [2.75, 3.05) is 18.0 Å². The van der Waals surface area contributed by atoms with Crippen molar-refractivity contribution >= 4 is 38.7 Å². The molecule has 1 aromatic heterocycles. The highest BCUT2D eigenvalue weighted by molar-refractivity contribution is 7.17. The second-order valence-corrected chi connectivity index (χ2v) is 7.77. The molecule has 0 bridgehead atoms. The van der Waals surface area contributed by atoms with Crippen LogP contribution in [0.25, 0.3) is 10.1 Å². The van der Waals surface area contributed by atoms with Gasteiger partial charge in [-0.3, -0.25) is 0 Å². The fourth-order valence-electron chi connectivity index (χ4n) is 3.51. The van der Waals surface area contributed by atoms with Crippen molar-refractivity contribution in [2.45, 2.75) is 25.4 Å². The largest absolute Gasteiger partial charge is 0.364 e. The maximum atomic E-state index is 6.20. The fourth-order valence-corrected chi connectivity index (χ4v) is 4.50. The molecule has 4 heteroatoms. The summed E-state index contributed by atoms with van der Waals surface area (Å²) in [6.07, 6.45) is 2.37. The van der Waals surface area contributed by atoms with Gasteiger partial charge in [-0.05, 0) is 78.7 Å². The van der Waals surface area contributed by atoms with Gasteiger partial charge in [0.05, 0.1) is 0 Å². The molecule has 2 heterocycles. The molecular formula is C20H21ClN2S. The van der Waals surface area contributed by atoms with Gasteiger partial charge in [0.2, 0.25) is 0 Å². The summed E-state index contributed by atoms with van der Waals surface area (Å²) in [6, 6.07) is 17.9. The minimum atomic E-state index is 0.571. The van der Waals surface area contributed by atoms with E-state index in [2.05, 4.69) is 52.0 Å². The summed E-state index contributed by atoms with van der Waals surface area (Å²) in [6.45, 7) is 3.09. The van der Waals surface area contributed by atoms with Crippen LogP contribution >= 0.6 is 22.9 Å². The Morgan fingerprint density at radius 2 is 1.96 bits per heavy atom. The van der Waals surface area contributed by atoms with Crippen LogP contribution in [-0.4, -0.2) is 19.1 Å². The molecule has 0 spiro atoms. The molecule has 2 aromatic carbocycles. The zero-order chi connectivity index (χ0) is 16.4. The van der Waals surface area contributed by atoms with Crippen molar-refractivity contribution in [1.29, 1.82) is 0 Å². The van der Waals surface area contributed by atoms with Crippen LogP contribution in [0.3, 0.4) is 0 Å². The lowest BCUT2D eigenvalue weighted by molar-refractivity contribution is 0.428. The summed E-state index contributed by atoms with van der Waals surface area (Å²) in [5.41, 5.74) is 2.58. The first-order valence-corrected chi connectivity index (χ1v) is 9.74. The highest BCUT2D eigenvalue weighted by atomic mass is 35.5. The molecule has 3 aromatic rings. The van der Waals surface area contributed by atoms with Crippen molar-refractivity contribution in [1.82, 2.24) is 5.32 Å². The number of halogens is 1. The average Bonchev–Trinajstić information content (AvgIpc) is 3.08. The van der Waals surface area contributed by atoms with Crippen molar-refractivity contribution in [3.8, 4) is 0 Å². The lowest BCUT2D eigenvalue weighted by Gasteiger charge is -2.36. The molecule has 4 rings (SSSR count). The molecule has 1 aliphatic rings. The highest BCUT2D eigenvalue weighted by Crippen LogP contribution is 2.30. The lowest BCUT2D eigenvalue weighted by Crippen LogP contribution is -2.43. The number of thiophene rings is 1. The minimum Gasteiger partial charge on any atom is -0.364 e. The Hall–Kier alpha value is -1.55. The van der Waals surface area contributed by atoms with Gasteiger partial charge in [0.15, 0.2) is 0 Å². The van der Waals surface area contributed by atoms with Crippen LogP contribution in [0.2, 0.25) is 5.02 Å². The Morgan fingerprint density at radius 3 is 2.79 bits per heavy atom. The zero-order valence-electron chi connectivity index (χ0n) is 13.5. The maximum absolute atomic E-state index is 6.20. The highest BCUT2D eigenvalue weighted by Gasteiger charge is 2.22. The van der Waals surface area contributed by atoms with Crippen molar-refractivity contribution < 1.29 is 0 Å². The number of piperidine rings is 1. The van der Waals surface area contributed by atoms with E-state index in [0.717, 1.165) is 24.7 Å². The van der Waals surface area contributed by atoms with Gasteiger partial charge in [-0.25, -0.2) is 0 Å². The van der Waals surface area contributed by atoms with E-state index in [4.69, 9.17) is 11.6 Å². The normalized spacial score (nSPS) is 15.7. The number of anilines is 1. The number of fused-ring (bicyclic) bond motifs is 1. The molecule has 2 nitrogen and oxygen atoms in total. The van der Waals surface area contributed by atoms with E-state index >= 15 is 0 Å². The summed E-state index contributed by atoms with van der Waals surface area (Å²) < 4.78 is 1.35. The minimum absolute atomic E-state index is 0.571. The van der Waals surface area contributed by atoms with Crippen molar-refractivity contribution in [3.63, 3.8) is 0 Å². The molecule has 1 fully saturated rings. The number of nitrogens with one attached hydrogen (secondary N) is 1. The first-order valence-electron chi connectivity index (χ1n) is 8.49. The van der Waals surface area contributed by atoms with E-state index in [1.807, 2.05) is 12.1 Å². The van der Waals surface area contributed by atoms with Crippen LogP contribution in [0.4, 0.5) is 5.69 Å². The maximum Gasteiger partial charge on any atom is 0.0433 e. The second-order valence-electron chi connectivity index (χ2n) is 6.38. The SMILES string of the molecule is Clc1cccc(CN(c2ccc3sccc3c2)C2CCNCC2)c1. The first kappa shape index (κ1) is 15.9. The third kappa shape index (κ3) is 3.44. The van der Waals surface area contributed by atoms with E-state index in [1.54, 1.807) is 11.3 Å². The smallest absolute Gasteiger partial charge is 0.0433 e. The predicted octanol–water partition coefficient (Wildman–Crippen LogP) is 5.31. The Morgan fingerprint density at radius 1 is 1.08 bits per heavy atom. The fraction of sp³-hybridized carbons (Fsp3) is 0.300. The third-order valence-electron chi connectivity index (χ3n) is 4.76. The van der Waals surface area contributed by atoms with E-state index in [9.17, 15) is 0 Å². The summed E-state index contributed by atoms with van der Waals surface area (Å²) in [5, 5.41) is 7.79. The monoisotopic (exact) mass is 356 g/mol. The molecule has 0 atom stereocenters. The molecule has 24 heavy (non-hydrogen) atoms. The Labute approximate surface area is 152 Å². The number of hydrogen-bond donors (Lipinski definition) is 1. The van der Waals surface area contributed by atoms with Crippen molar-refractivity contribution in [3.05, 3.63) is 64.5 Å². The lowest BCUT2D eigenvalue weighted by atomic mass is 10.0. The quantitative estimate of drug-likeness (QED) is 0.681. The van der Waals surface area contributed by atoms with Gasteiger partial charge in [0, 0.05) is 28.0 Å². The van der Waals surface area contributed by atoms with Crippen LogP contribution in [0.5, 0.6) is 0 Å². The van der Waals surface area contributed by atoms with Crippen LogP contribution in [0.1, 0.15) is 18.4 Å². The Kier molecular flexibility index (Phi) is 4.74. The number of nitrogens with zero attached hydrogens (tertiary/aromatic N) is 1. The van der Waals surface area contributed by atoms with Gasteiger partial charge >= 0.3 is 0 Å². The van der Waals surface area contributed by atoms with Gasteiger partial charge in [-0.1, -0.05) is 23.7 Å². The molecule has 0 unspecified atom stereocenters. The molecular weight excluding hydrogens is 336 g/mol. The Balaban J connectivity index is 1.68. The van der Waals surface area contributed by atoms with E-state index < -0.39 is 0 Å². The molecule has 1 saturated heterocycles. The number of benzene rings is 2. The molecule has 1 N–H and O–H groups in total. The van der Waals surface area contributed by atoms with Crippen LogP contribution in [0.15, 0.2) is 53.9 Å². The van der Waals surface area contributed by atoms with Crippen LogP contribution in [-0.2, 0) is 6.54 Å². The van der Waals surface area contributed by atoms with E-state index in [-0.39, 0.29) is 0 Å².